The fourth-order valence-corrected chi connectivity index (χ4v) is 6.26. The van der Waals surface area contributed by atoms with E-state index in [1.54, 1.807) is 4.90 Å². The van der Waals surface area contributed by atoms with Crippen LogP contribution in [-0.4, -0.2) is 45.0 Å². The normalized spacial score (nSPS) is 23.4. The van der Waals surface area contributed by atoms with Crippen molar-refractivity contribution in [2.75, 3.05) is 12.0 Å². The van der Waals surface area contributed by atoms with Gasteiger partial charge < -0.3 is 19.5 Å². The Balaban J connectivity index is 1.76. The lowest BCUT2D eigenvalue weighted by Gasteiger charge is -2.35. The molecule has 3 aromatic rings. The second kappa shape index (κ2) is 9.82. The Kier molecular flexibility index (Phi) is 6.70. The summed E-state index contributed by atoms with van der Waals surface area (Å²) < 4.78 is 7.18. The van der Waals surface area contributed by atoms with Crippen LogP contribution in [0.1, 0.15) is 75.4 Å². The quantitative estimate of drug-likeness (QED) is 0.481. The van der Waals surface area contributed by atoms with E-state index in [-0.39, 0.29) is 12.1 Å². The summed E-state index contributed by atoms with van der Waals surface area (Å²) in [6.45, 7) is 3.95. The highest BCUT2D eigenvalue weighted by atomic mass is 16.5. The smallest absolute Gasteiger partial charge is 0.414 e. The van der Waals surface area contributed by atoms with Gasteiger partial charge in [0.2, 0.25) is 0 Å². The Bertz CT molecular complexity index is 1320. The van der Waals surface area contributed by atoms with Gasteiger partial charge in [0, 0.05) is 17.6 Å². The second-order valence-electron chi connectivity index (χ2n) is 10.4. The summed E-state index contributed by atoms with van der Waals surface area (Å²) in [5.74, 6) is -0.669. The van der Waals surface area contributed by atoms with E-state index in [0.29, 0.717) is 25.1 Å². The van der Waals surface area contributed by atoms with E-state index in [1.807, 2.05) is 56.3 Å². The van der Waals surface area contributed by atoms with E-state index in [9.17, 15) is 19.8 Å². The summed E-state index contributed by atoms with van der Waals surface area (Å²) in [4.78, 5) is 31.4. The SMILES string of the molecule is CCC(O)(c1ccccc1)c1nc2c3c(ccc2n1[C@@H]1CCC[C@@H](C(=O)O)C1)N(C(=O)OC)[C@@H](C)CC3. The van der Waals surface area contributed by atoms with Crippen molar-refractivity contribution < 1.29 is 24.5 Å². The van der Waals surface area contributed by atoms with E-state index in [4.69, 9.17) is 9.72 Å². The first kappa shape index (κ1) is 25.3. The van der Waals surface area contributed by atoms with Gasteiger partial charge in [-0.15, -0.1) is 0 Å². The fourth-order valence-electron chi connectivity index (χ4n) is 6.26. The molecule has 1 amide bonds. The largest absolute Gasteiger partial charge is 0.481 e. The third kappa shape index (κ3) is 4.17. The number of carbonyl (C=O) groups is 2. The van der Waals surface area contributed by atoms with Crippen molar-refractivity contribution in [2.24, 2.45) is 5.92 Å². The molecule has 5 rings (SSSR count). The molecule has 1 fully saturated rings. The number of carbonyl (C=O) groups excluding carboxylic acids is 1. The van der Waals surface area contributed by atoms with Gasteiger partial charge in [0.25, 0.3) is 0 Å². The molecule has 2 aliphatic rings. The molecule has 8 heteroatoms. The monoisotopic (exact) mass is 505 g/mol. The number of methoxy groups -OCH3 is 1. The Morgan fingerprint density at radius 3 is 2.57 bits per heavy atom. The fraction of sp³-hybridized carbons (Fsp3) is 0.483. The number of benzene rings is 2. The molecule has 1 aliphatic heterocycles. The Labute approximate surface area is 216 Å². The van der Waals surface area contributed by atoms with Gasteiger partial charge in [0.05, 0.1) is 29.7 Å². The zero-order chi connectivity index (χ0) is 26.3. The highest BCUT2D eigenvalue weighted by Crippen LogP contribution is 2.44. The van der Waals surface area contributed by atoms with E-state index >= 15 is 0 Å². The number of aromatic nitrogens is 2. The highest BCUT2D eigenvalue weighted by molar-refractivity contribution is 5.95. The van der Waals surface area contributed by atoms with E-state index < -0.39 is 23.6 Å². The lowest BCUT2D eigenvalue weighted by Crippen LogP contribution is -2.42. The van der Waals surface area contributed by atoms with Gasteiger partial charge in [-0.2, -0.15) is 0 Å². The van der Waals surface area contributed by atoms with Crippen molar-refractivity contribution in [3.8, 4) is 0 Å². The molecule has 1 unspecified atom stereocenters. The predicted molar refractivity (Wildman–Crippen MR) is 141 cm³/mol. The van der Waals surface area contributed by atoms with Crippen LogP contribution in [0.4, 0.5) is 10.5 Å². The number of amides is 1. The second-order valence-corrected chi connectivity index (χ2v) is 10.4. The molecule has 1 aliphatic carbocycles. The molecule has 0 bridgehead atoms. The molecule has 0 spiro atoms. The molecule has 1 aromatic heterocycles. The number of hydrogen-bond acceptors (Lipinski definition) is 5. The summed E-state index contributed by atoms with van der Waals surface area (Å²) in [6, 6.07) is 13.3. The first-order valence-corrected chi connectivity index (χ1v) is 13.2. The lowest BCUT2D eigenvalue weighted by atomic mass is 9.84. The number of carboxylic acid groups (broad SMARTS) is 1. The summed E-state index contributed by atoms with van der Waals surface area (Å²) in [7, 11) is 1.39. The number of imidazole rings is 1. The van der Waals surface area contributed by atoms with Gasteiger partial charge in [0.15, 0.2) is 0 Å². The maximum absolute atomic E-state index is 12.7. The summed E-state index contributed by atoms with van der Waals surface area (Å²) in [5, 5.41) is 22.0. The topological polar surface area (TPSA) is 105 Å². The van der Waals surface area contributed by atoms with Crippen molar-refractivity contribution in [3.05, 3.63) is 59.4 Å². The minimum atomic E-state index is -1.35. The molecule has 8 nitrogen and oxygen atoms in total. The van der Waals surface area contributed by atoms with E-state index in [0.717, 1.165) is 53.5 Å². The van der Waals surface area contributed by atoms with Crippen LogP contribution in [0.5, 0.6) is 0 Å². The molecule has 196 valence electrons. The molecule has 0 radical (unpaired) electrons. The van der Waals surface area contributed by atoms with Crippen LogP contribution >= 0.6 is 0 Å². The van der Waals surface area contributed by atoms with Crippen LogP contribution in [0.3, 0.4) is 0 Å². The van der Waals surface area contributed by atoms with Crippen LogP contribution in [0.25, 0.3) is 11.0 Å². The molecule has 4 atom stereocenters. The van der Waals surface area contributed by atoms with E-state index in [1.165, 1.54) is 7.11 Å². The number of carboxylic acids is 1. The number of rotatable bonds is 5. The Morgan fingerprint density at radius 1 is 1.14 bits per heavy atom. The maximum atomic E-state index is 12.7. The third-order valence-corrected chi connectivity index (χ3v) is 8.32. The molecule has 37 heavy (non-hydrogen) atoms. The van der Waals surface area contributed by atoms with Gasteiger partial charge >= 0.3 is 12.1 Å². The number of aliphatic carboxylic acids is 1. The van der Waals surface area contributed by atoms with Crippen molar-refractivity contribution in [2.45, 2.75) is 76.5 Å². The molecule has 0 saturated heterocycles. The number of hydrogen-bond donors (Lipinski definition) is 2. The van der Waals surface area contributed by atoms with Crippen LogP contribution in [0.15, 0.2) is 42.5 Å². The van der Waals surface area contributed by atoms with Crippen LogP contribution in [-0.2, 0) is 21.6 Å². The van der Waals surface area contributed by atoms with E-state index in [2.05, 4.69) is 4.57 Å². The minimum absolute atomic E-state index is 0.00878. The maximum Gasteiger partial charge on any atom is 0.414 e. The number of nitrogens with zero attached hydrogens (tertiary/aromatic N) is 3. The third-order valence-electron chi connectivity index (χ3n) is 8.32. The average molecular weight is 506 g/mol. The average Bonchev–Trinajstić information content (AvgIpc) is 3.33. The van der Waals surface area contributed by atoms with Crippen molar-refractivity contribution in [1.82, 2.24) is 9.55 Å². The zero-order valence-corrected chi connectivity index (χ0v) is 21.7. The number of ether oxygens (including phenoxy) is 1. The molecular weight excluding hydrogens is 470 g/mol. The van der Waals surface area contributed by atoms with Crippen LogP contribution < -0.4 is 4.90 Å². The number of anilines is 1. The first-order valence-electron chi connectivity index (χ1n) is 13.2. The summed E-state index contributed by atoms with van der Waals surface area (Å²) in [6.07, 6.45) is 4.29. The lowest BCUT2D eigenvalue weighted by molar-refractivity contribution is -0.143. The molecule has 2 heterocycles. The standard InChI is InChI=1S/C29H35N3O5/c1-4-29(36,20-10-6-5-7-11-20)27-30-25-22-14-13-18(2)31(28(35)37-3)23(22)15-16-24(25)32(27)21-12-8-9-19(17-21)26(33)34/h5-7,10-11,15-16,18-19,21,36H,4,8-9,12-14,17H2,1-3H3,(H,33,34)/t18-,19+,21+,29?/m0/s1. The molecule has 2 N–H and O–H groups in total. The highest BCUT2D eigenvalue weighted by Gasteiger charge is 2.40. The van der Waals surface area contributed by atoms with Gasteiger partial charge in [-0.1, -0.05) is 43.7 Å². The number of fused-ring (bicyclic) bond motifs is 3. The first-order chi connectivity index (χ1) is 17.8. The Morgan fingerprint density at radius 2 is 1.89 bits per heavy atom. The number of aliphatic hydroxyl groups is 1. The zero-order valence-electron chi connectivity index (χ0n) is 21.7. The van der Waals surface area contributed by atoms with Gasteiger partial charge in [-0.25, -0.2) is 9.78 Å². The Hall–Kier alpha value is -3.39. The van der Waals surface area contributed by atoms with Crippen molar-refractivity contribution >= 4 is 28.8 Å². The van der Waals surface area contributed by atoms with Gasteiger partial charge in [-0.3, -0.25) is 9.69 Å². The van der Waals surface area contributed by atoms with Crippen LogP contribution in [0.2, 0.25) is 0 Å². The summed E-state index contributed by atoms with van der Waals surface area (Å²) in [5.41, 5.74) is 2.76. The minimum Gasteiger partial charge on any atom is -0.481 e. The molecular formula is C29H35N3O5. The van der Waals surface area contributed by atoms with Gasteiger partial charge in [-0.05, 0) is 63.1 Å². The van der Waals surface area contributed by atoms with Gasteiger partial charge in [0.1, 0.15) is 11.4 Å². The number of aryl methyl sites for hydroxylation is 1. The predicted octanol–water partition coefficient (Wildman–Crippen LogP) is 5.41. The molecule has 1 saturated carbocycles. The van der Waals surface area contributed by atoms with Crippen LogP contribution in [0, 0.1) is 5.92 Å². The molecule has 2 aromatic carbocycles. The van der Waals surface area contributed by atoms with Crippen molar-refractivity contribution in [1.29, 1.82) is 0 Å². The van der Waals surface area contributed by atoms with Crippen molar-refractivity contribution in [3.63, 3.8) is 0 Å². The summed E-state index contributed by atoms with van der Waals surface area (Å²) >= 11 is 0.